The van der Waals surface area contributed by atoms with E-state index < -0.39 is 0 Å². The molecule has 0 radical (unpaired) electrons. The molecule has 0 spiro atoms. The largest absolute Gasteiger partial charge is 0.384 e. The highest BCUT2D eigenvalue weighted by atomic mass is 16.1. The van der Waals surface area contributed by atoms with Crippen molar-refractivity contribution < 1.29 is 4.79 Å². The van der Waals surface area contributed by atoms with Crippen molar-refractivity contribution in [2.75, 3.05) is 5.73 Å². The highest BCUT2D eigenvalue weighted by molar-refractivity contribution is 6.07. The summed E-state index contributed by atoms with van der Waals surface area (Å²) >= 11 is 0. The highest BCUT2D eigenvalue weighted by Gasteiger charge is 2.23. The van der Waals surface area contributed by atoms with E-state index in [4.69, 9.17) is 5.73 Å². The van der Waals surface area contributed by atoms with Crippen LogP contribution in [0.25, 0.3) is 10.9 Å². The standard InChI is InChI=1S/C16H21N3O/c1-4-16(3,5-2)19-15(20)12-10-14(17)18-13-9-7-6-8-11(12)13/h6-10H,4-5H2,1-3H3,(H2,17,18)(H,19,20). The van der Waals surface area contributed by atoms with E-state index in [0.717, 1.165) is 23.7 Å². The lowest BCUT2D eigenvalue weighted by molar-refractivity contribution is 0.0902. The highest BCUT2D eigenvalue weighted by Crippen LogP contribution is 2.21. The second-order valence-corrected chi connectivity index (χ2v) is 5.33. The maximum atomic E-state index is 12.5. The summed E-state index contributed by atoms with van der Waals surface area (Å²) in [6.07, 6.45) is 1.77. The SMILES string of the molecule is CCC(C)(CC)NC(=O)c1cc(N)nc2ccccc12. The Labute approximate surface area is 119 Å². The van der Waals surface area contributed by atoms with Crippen LogP contribution in [0.15, 0.2) is 30.3 Å². The number of nitrogen functional groups attached to an aromatic ring is 1. The van der Waals surface area contributed by atoms with Gasteiger partial charge in [-0.1, -0.05) is 32.0 Å². The summed E-state index contributed by atoms with van der Waals surface area (Å²) in [4.78, 5) is 16.8. The van der Waals surface area contributed by atoms with Gasteiger partial charge in [-0.05, 0) is 31.9 Å². The van der Waals surface area contributed by atoms with E-state index in [1.165, 1.54) is 0 Å². The van der Waals surface area contributed by atoms with E-state index in [1.807, 2.05) is 24.3 Å². The van der Waals surface area contributed by atoms with Gasteiger partial charge in [0.05, 0.1) is 11.1 Å². The Bertz CT molecular complexity index is 633. The molecule has 3 N–H and O–H groups in total. The predicted molar refractivity (Wildman–Crippen MR) is 82.6 cm³/mol. The molecule has 0 atom stereocenters. The van der Waals surface area contributed by atoms with Crippen LogP contribution in [0.2, 0.25) is 0 Å². The van der Waals surface area contributed by atoms with Crippen LogP contribution in [0.1, 0.15) is 44.0 Å². The van der Waals surface area contributed by atoms with Crippen molar-refractivity contribution in [3.63, 3.8) is 0 Å². The van der Waals surface area contributed by atoms with E-state index in [1.54, 1.807) is 6.07 Å². The number of nitrogens with zero attached hydrogens (tertiary/aromatic N) is 1. The van der Waals surface area contributed by atoms with Gasteiger partial charge in [0.15, 0.2) is 0 Å². The van der Waals surface area contributed by atoms with Gasteiger partial charge in [-0.25, -0.2) is 4.98 Å². The number of hydrogen-bond acceptors (Lipinski definition) is 3. The van der Waals surface area contributed by atoms with E-state index >= 15 is 0 Å². The van der Waals surface area contributed by atoms with Crippen LogP contribution in [0.3, 0.4) is 0 Å². The number of nitrogens with one attached hydrogen (secondary N) is 1. The summed E-state index contributed by atoms with van der Waals surface area (Å²) in [5, 5.41) is 3.93. The molecule has 0 fully saturated rings. The second-order valence-electron chi connectivity index (χ2n) is 5.33. The summed E-state index contributed by atoms with van der Waals surface area (Å²) in [5.41, 5.74) is 6.93. The fourth-order valence-electron chi connectivity index (χ4n) is 2.15. The number of aromatic nitrogens is 1. The average molecular weight is 271 g/mol. The van der Waals surface area contributed by atoms with Gasteiger partial charge in [0.1, 0.15) is 5.82 Å². The Kier molecular flexibility index (Phi) is 3.93. The maximum Gasteiger partial charge on any atom is 0.252 e. The van der Waals surface area contributed by atoms with Crippen molar-refractivity contribution >= 4 is 22.6 Å². The molecule has 4 heteroatoms. The second kappa shape index (κ2) is 5.49. The molecule has 1 aromatic carbocycles. The van der Waals surface area contributed by atoms with Crippen molar-refractivity contribution in [1.29, 1.82) is 0 Å². The third-order valence-corrected chi connectivity index (χ3v) is 3.96. The van der Waals surface area contributed by atoms with Gasteiger partial charge in [-0.3, -0.25) is 4.79 Å². The molecule has 0 aliphatic heterocycles. The molecular formula is C16H21N3O. The molecule has 2 aromatic rings. The Morgan fingerprint density at radius 2 is 1.95 bits per heavy atom. The van der Waals surface area contributed by atoms with Gasteiger partial charge >= 0.3 is 0 Å². The monoisotopic (exact) mass is 271 g/mol. The minimum absolute atomic E-state index is 0.0958. The fourth-order valence-corrected chi connectivity index (χ4v) is 2.15. The zero-order valence-corrected chi connectivity index (χ0v) is 12.2. The maximum absolute atomic E-state index is 12.5. The van der Waals surface area contributed by atoms with Crippen LogP contribution in [-0.4, -0.2) is 16.4 Å². The van der Waals surface area contributed by atoms with Crippen LogP contribution in [0, 0.1) is 0 Å². The molecular weight excluding hydrogens is 250 g/mol. The molecule has 1 heterocycles. The zero-order chi connectivity index (χ0) is 14.8. The number of pyridine rings is 1. The number of carbonyl (C=O) groups excluding carboxylic acids is 1. The summed E-state index contributed by atoms with van der Waals surface area (Å²) in [6.45, 7) is 6.20. The van der Waals surface area contributed by atoms with Gasteiger partial charge in [0.25, 0.3) is 5.91 Å². The third-order valence-electron chi connectivity index (χ3n) is 3.96. The third kappa shape index (κ3) is 2.74. The molecule has 1 amide bonds. The summed E-state index contributed by atoms with van der Waals surface area (Å²) in [6, 6.07) is 9.19. The number of hydrogen-bond donors (Lipinski definition) is 2. The van der Waals surface area contributed by atoms with E-state index in [2.05, 4.69) is 31.1 Å². The quantitative estimate of drug-likeness (QED) is 0.897. The van der Waals surface area contributed by atoms with E-state index in [9.17, 15) is 4.79 Å². The lowest BCUT2D eigenvalue weighted by atomic mass is 9.94. The van der Waals surface area contributed by atoms with Crippen LogP contribution in [0.5, 0.6) is 0 Å². The van der Waals surface area contributed by atoms with Crippen LogP contribution < -0.4 is 11.1 Å². The molecule has 2 rings (SSSR count). The van der Waals surface area contributed by atoms with E-state index in [0.29, 0.717) is 11.4 Å². The first-order valence-electron chi connectivity index (χ1n) is 6.97. The van der Waals surface area contributed by atoms with E-state index in [-0.39, 0.29) is 11.4 Å². The first-order valence-corrected chi connectivity index (χ1v) is 6.97. The van der Waals surface area contributed by atoms with Gasteiger partial charge in [0.2, 0.25) is 0 Å². The lowest BCUT2D eigenvalue weighted by Crippen LogP contribution is -2.45. The number of para-hydroxylation sites is 1. The molecule has 106 valence electrons. The smallest absolute Gasteiger partial charge is 0.252 e. The fraction of sp³-hybridized carbons (Fsp3) is 0.375. The van der Waals surface area contributed by atoms with Crippen molar-refractivity contribution in [2.45, 2.75) is 39.2 Å². The van der Waals surface area contributed by atoms with Crippen LogP contribution in [-0.2, 0) is 0 Å². The zero-order valence-electron chi connectivity index (χ0n) is 12.2. The average Bonchev–Trinajstić information content (AvgIpc) is 2.46. The Morgan fingerprint density at radius 3 is 2.60 bits per heavy atom. The minimum Gasteiger partial charge on any atom is -0.384 e. The first kappa shape index (κ1) is 14.3. The molecule has 0 aliphatic rings. The van der Waals surface area contributed by atoms with Gasteiger partial charge in [-0.2, -0.15) is 0 Å². The predicted octanol–water partition coefficient (Wildman–Crippen LogP) is 3.13. The molecule has 0 saturated heterocycles. The van der Waals surface area contributed by atoms with Crippen LogP contribution >= 0.6 is 0 Å². The Balaban J connectivity index is 2.44. The van der Waals surface area contributed by atoms with Gasteiger partial charge < -0.3 is 11.1 Å². The molecule has 4 nitrogen and oxygen atoms in total. The van der Waals surface area contributed by atoms with Crippen molar-refractivity contribution in [3.05, 3.63) is 35.9 Å². The number of anilines is 1. The number of nitrogens with two attached hydrogens (primary N) is 1. The van der Waals surface area contributed by atoms with Crippen molar-refractivity contribution in [2.24, 2.45) is 0 Å². The van der Waals surface area contributed by atoms with Crippen LogP contribution in [0.4, 0.5) is 5.82 Å². The number of carbonyl (C=O) groups is 1. The number of fused-ring (bicyclic) bond motifs is 1. The molecule has 0 unspecified atom stereocenters. The number of benzene rings is 1. The van der Waals surface area contributed by atoms with Crippen molar-refractivity contribution in [3.8, 4) is 0 Å². The van der Waals surface area contributed by atoms with Crippen molar-refractivity contribution in [1.82, 2.24) is 10.3 Å². The Morgan fingerprint density at radius 1 is 1.30 bits per heavy atom. The minimum atomic E-state index is -0.198. The normalized spacial score (nSPS) is 11.6. The summed E-state index contributed by atoms with van der Waals surface area (Å²) in [5.74, 6) is 0.269. The number of amides is 1. The molecule has 20 heavy (non-hydrogen) atoms. The summed E-state index contributed by atoms with van der Waals surface area (Å²) < 4.78 is 0. The Hall–Kier alpha value is -2.10. The molecule has 0 saturated carbocycles. The molecule has 1 aromatic heterocycles. The topological polar surface area (TPSA) is 68.0 Å². The van der Waals surface area contributed by atoms with Gasteiger partial charge in [0, 0.05) is 10.9 Å². The molecule has 0 aliphatic carbocycles. The first-order chi connectivity index (χ1) is 9.49. The molecule has 0 bridgehead atoms. The van der Waals surface area contributed by atoms with Gasteiger partial charge in [-0.15, -0.1) is 0 Å². The lowest BCUT2D eigenvalue weighted by Gasteiger charge is -2.28. The summed E-state index contributed by atoms with van der Waals surface area (Å²) in [7, 11) is 0. The number of rotatable bonds is 4.